The maximum absolute atomic E-state index is 12.1. The highest BCUT2D eigenvalue weighted by Gasteiger charge is 2.07. The van der Waals surface area contributed by atoms with Crippen molar-refractivity contribution in [3.63, 3.8) is 0 Å². The van der Waals surface area contributed by atoms with Gasteiger partial charge in [0.25, 0.3) is 0 Å². The van der Waals surface area contributed by atoms with Gasteiger partial charge < -0.3 is 14.8 Å². The molecule has 0 spiro atoms. The van der Waals surface area contributed by atoms with E-state index in [1.807, 2.05) is 55.5 Å². The summed E-state index contributed by atoms with van der Waals surface area (Å²) < 4.78 is 10.8. The van der Waals surface area contributed by atoms with E-state index >= 15 is 0 Å². The maximum Gasteiger partial charge on any atom is 0.244 e. The van der Waals surface area contributed by atoms with Gasteiger partial charge >= 0.3 is 0 Å². The number of carbonyl (C=O) groups excluding carboxylic acids is 1. The molecule has 0 unspecified atom stereocenters. The molecule has 4 nitrogen and oxygen atoms in total. The van der Waals surface area contributed by atoms with Gasteiger partial charge in [-0.2, -0.15) is 0 Å². The van der Waals surface area contributed by atoms with Gasteiger partial charge in [-0.05, 0) is 36.3 Å². The molecule has 0 saturated heterocycles. The van der Waals surface area contributed by atoms with Gasteiger partial charge in [0.1, 0.15) is 6.61 Å². The Hall–Kier alpha value is -3.01. The van der Waals surface area contributed by atoms with E-state index in [1.165, 1.54) is 6.08 Å². The Kier molecular flexibility index (Phi) is 6.84. The van der Waals surface area contributed by atoms with E-state index in [2.05, 4.69) is 11.9 Å². The molecule has 0 aliphatic rings. The Balaban J connectivity index is 2.00. The fraction of sp³-hybridized carbons (Fsp3) is 0.190. The molecule has 0 aliphatic heterocycles. The quantitative estimate of drug-likeness (QED) is 0.581. The zero-order chi connectivity index (χ0) is 18.1. The third-order valence-electron chi connectivity index (χ3n) is 3.63. The van der Waals surface area contributed by atoms with Crippen LogP contribution in [-0.4, -0.2) is 19.6 Å². The standard InChI is InChI=1S/C21H23NO3/c1-4-14-25-19-12-10-17(15-20(19)24-3)11-13-21(23)22-16(2)18-8-6-5-7-9-18/h4-13,15-16H,1,14H2,2-3H3,(H,22,23)/b13-11+/t16-/m1/s1. The lowest BCUT2D eigenvalue weighted by molar-refractivity contribution is -0.117. The normalized spacial score (nSPS) is 11.8. The Morgan fingerprint density at radius 3 is 2.64 bits per heavy atom. The summed E-state index contributed by atoms with van der Waals surface area (Å²) in [6.45, 7) is 5.98. The molecule has 0 saturated carbocycles. The van der Waals surface area contributed by atoms with E-state index < -0.39 is 0 Å². The van der Waals surface area contributed by atoms with Crippen molar-refractivity contribution in [1.29, 1.82) is 0 Å². The number of nitrogens with one attached hydrogen (secondary N) is 1. The average molecular weight is 337 g/mol. The third kappa shape index (κ3) is 5.53. The molecule has 2 aromatic rings. The van der Waals surface area contributed by atoms with Crippen molar-refractivity contribution >= 4 is 12.0 Å². The number of benzene rings is 2. The van der Waals surface area contributed by atoms with E-state index in [1.54, 1.807) is 19.3 Å². The van der Waals surface area contributed by atoms with Gasteiger partial charge in [-0.1, -0.05) is 49.1 Å². The molecule has 0 radical (unpaired) electrons. The smallest absolute Gasteiger partial charge is 0.244 e. The first-order valence-corrected chi connectivity index (χ1v) is 8.09. The van der Waals surface area contributed by atoms with Crippen LogP contribution in [-0.2, 0) is 4.79 Å². The number of hydrogen-bond donors (Lipinski definition) is 1. The van der Waals surface area contributed by atoms with E-state index in [0.29, 0.717) is 18.1 Å². The lowest BCUT2D eigenvalue weighted by Gasteiger charge is -2.12. The van der Waals surface area contributed by atoms with Crippen LogP contribution in [0.15, 0.2) is 67.3 Å². The zero-order valence-electron chi connectivity index (χ0n) is 14.6. The molecule has 130 valence electrons. The van der Waals surface area contributed by atoms with Crippen molar-refractivity contribution in [2.24, 2.45) is 0 Å². The summed E-state index contributed by atoms with van der Waals surface area (Å²) in [5.74, 6) is 1.10. The first-order valence-electron chi connectivity index (χ1n) is 8.09. The van der Waals surface area contributed by atoms with Gasteiger partial charge in [0.05, 0.1) is 13.2 Å². The van der Waals surface area contributed by atoms with Crippen molar-refractivity contribution < 1.29 is 14.3 Å². The second kappa shape index (κ2) is 9.33. The molecule has 25 heavy (non-hydrogen) atoms. The number of carbonyl (C=O) groups is 1. The molecular weight excluding hydrogens is 314 g/mol. The lowest BCUT2D eigenvalue weighted by atomic mass is 10.1. The van der Waals surface area contributed by atoms with Crippen LogP contribution in [0.3, 0.4) is 0 Å². The van der Waals surface area contributed by atoms with Crippen molar-refractivity contribution in [3.05, 3.63) is 78.4 Å². The Morgan fingerprint density at radius 2 is 1.96 bits per heavy atom. The minimum atomic E-state index is -0.151. The Bertz CT molecular complexity index is 738. The van der Waals surface area contributed by atoms with Gasteiger partial charge in [-0.25, -0.2) is 0 Å². The molecule has 2 rings (SSSR count). The molecule has 0 fully saturated rings. The Labute approximate surface area is 148 Å². The molecule has 1 N–H and O–H groups in total. The highest BCUT2D eigenvalue weighted by Crippen LogP contribution is 2.28. The second-order valence-electron chi connectivity index (χ2n) is 5.48. The fourth-order valence-electron chi connectivity index (χ4n) is 2.31. The van der Waals surface area contributed by atoms with Crippen molar-refractivity contribution in [3.8, 4) is 11.5 Å². The molecule has 0 aliphatic carbocycles. The highest BCUT2D eigenvalue weighted by atomic mass is 16.5. The molecule has 1 atom stereocenters. The van der Waals surface area contributed by atoms with E-state index in [4.69, 9.17) is 9.47 Å². The Morgan fingerprint density at radius 1 is 1.20 bits per heavy atom. The summed E-state index contributed by atoms with van der Waals surface area (Å²) >= 11 is 0. The van der Waals surface area contributed by atoms with Crippen molar-refractivity contribution in [1.82, 2.24) is 5.32 Å². The molecule has 0 aromatic heterocycles. The number of hydrogen-bond acceptors (Lipinski definition) is 3. The van der Waals surface area contributed by atoms with Gasteiger partial charge in [0.2, 0.25) is 5.91 Å². The predicted molar refractivity (Wildman–Crippen MR) is 101 cm³/mol. The molecule has 0 bridgehead atoms. The largest absolute Gasteiger partial charge is 0.493 e. The summed E-state index contributed by atoms with van der Waals surface area (Å²) in [5, 5.41) is 2.94. The molecular formula is C21H23NO3. The summed E-state index contributed by atoms with van der Waals surface area (Å²) in [4.78, 5) is 12.1. The monoisotopic (exact) mass is 337 g/mol. The second-order valence-corrected chi connectivity index (χ2v) is 5.48. The lowest BCUT2D eigenvalue weighted by Crippen LogP contribution is -2.24. The topological polar surface area (TPSA) is 47.6 Å². The number of amides is 1. The minimum absolute atomic E-state index is 0.0532. The molecule has 4 heteroatoms. The van der Waals surface area contributed by atoms with Crippen LogP contribution in [0.1, 0.15) is 24.1 Å². The SMILES string of the molecule is C=CCOc1ccc(/C=C/C(=O)N[C@H](C)c2ccccc2)cc1OC. The molecule has 2 aromatic carbocycles. The first-order chi connectivity index (χ1) is 12.1. The van der Waals surface area contributed by atoms with Gasteiger partial charge in [0.15, 0.2) is 11.5 Å². The van der Waals surface area contributed by atoms with Crippen LogP contribution >= 0.6 is 0 Å². The van der Waals surface area contributed by atoms with Crippen LogP contribution in [0.5, 0.6) is 11.5 Å². The fourth-order valence-corrected chi connectivity index (χ4v) is 2.31. The summed E-state index contributed by atoms with van der Waals surface area (Å²) in [7, 11) is 1.58. The van der Waals surface area contributed by atoms with Crippen LogP contribution < -0.4 is 14.8 Å². The molecule has 0 heterocycles. The van der Waals surface area contributed by atoms with E-state index in [-0.39, 0.29) is 11.9 Å². The number of ether oxygens (including phenoxy) is 2. The number of rotatable bonds is 8. The summed E-state index contributed by atoms with van der Waals surface area (Å²) in [6.07, 6.45) is 4.93. The predicted octanol–water partition coefficient (Wildman–Crippen LogP) is 4.15. The van der Waals surface area contributed by atoms with Crippen LogP contribution in [0.2, 0.25) is 0 Å². The minimum Gasteiger partial charge on any atom is -0.493 e. The first kappa shape index (κ1) is 18.3. The van der Waals surface area contributed by atoms with Crippen molar-refractivity contribution in [2.75, 3.05) is 13.7 Å². The third-order valence-corrected chi connectivity index (χ3v) is 3.63. The van der Waals surface area contributed by atoms with Gasteiger partial charge in [-0.3, -0.25) is 4.79 Å². The van der Waals surface area contributed by atoms with Crippen LogP contribution in [0, 0.1) is 0 Å². The van der Waals surface area contributed by atoms with E-state index in [0.717, 1.165) is 11.1 Å². The summed E-state index contributed by atoms with van der Waals surface area (Å²) in [6, 6.07) is 15.3. The maximum atomic E-state index is 12.1. The van der Waals surface area contributed by atoms with Crippen LogP contribution in [0.25, 0.3) is 6.08 Å². The summed E-state index contributed by atoms with van der Waals surface area (Å²) in [5.41, 5.74) is 1.92. The zero-order valence-corrected chi connectivity index (χ0v) is 14.6. The van der Waals surface area contributed by atoms with Crippen LogP contribution in [0.4, 0.5) is 0 Å². The average Bonchev–Trinajstić information content (AvgIpc) is 2.65. The van der Waals surface area contributed by atoms with Gasteiger partial charge in [0, 0.05) is 6.08 Å². The number of methoxy groups -OCH3 is 1. The van der Waals surface area contributed by atoms with Crippen molar-refractivity contribution in [2.45, 2.75) is 13.0 Å². The van der Waals surface area contributed by atoms with Gasteiger partial charge in [-0.15, -0.1) is 0 Å². The molecule has 1 amide bonds. The van der Waals surface area contributed by atoms with E-state index in [9.17, 15) is 4.79 Å². The highest BCUT2D eigenvalue weighted by molar-refractivity contribution is 5.92.